The van der Waals surface area contributed by atoms with Gasteiger partial charge in [-0.05, 0) is 38.6 Å². The number of carboxylic acid groups (broad SMARTS) is 1. The topological polar surface area (TPSA) is 52.6 Å². The largest absolute Gasteiger partial charge is 0.480 e. The molecule has 0 saturated heterocycles. The fourth-order valence-electron chi connectivity index (χ4n) is 2.22. The third kappa shape index (κ3) is 5.36. The van der Waals surface area contributed by atoms with E-state index < -0.39 is 11.5 Å². The van der Waals surface area contributed by atoms with Crippen LogP contribution in [0.15, 0.2) is 0 Å². The maximum absolute atomic E-state index is 11.4. The van der Waals surface area contributed by atoms with E-state index in [0.717, 1.165) is 25.9 Å². The highest BCUT2D eigenvalue weighted by atomic mass is 16.4. The minimum absolute atomic E-state index is 0.248. The molecule has 1 aliphatic carbocycles. The van der Waals surface area contributed by atoms with Crippen LogP contribution in [0, 0.1) is 5.41 Å². The standard InChI is InChI=1S/C14H28N2O2/c1-13(2,3)10-16(5)9-8-14(4,12(17)18)15-11-6-7-11/h11,15H,6-10H2,1-5H3,(H,17,18). The quantitative estimate of drug-likeness (QED) is 0.731. The predicted molar refractivity (Wildman–Crippen MR) is 73.8 cm³/mol. The van der Waals surface area contributed by atoms with Gasteiger partial charge in [-0.15, -0.1) is 0 Å². The molecule has 0 aromatic heterocycles. The molecule has 0 heterocycles. The van der Waals surface area contributed by atoms with Crippen molar-refractivity contribution in [1.82, 2.24) is 10.2 Å². The van der Waals surface area contributed by atoms with E-state index in [1.165, 1.54) is 0 Å². The summed E-state index contributed by atoms with van der Waals surface area (Å²) in [6.45, 7) is 10.2. The zero-order valence-corrected chi connectivity index (χ0v) is 12.4. The number of hydrogen-bond donors (Lipinski definition) is 2. The molecule has 0 aromatic carbocycles. The maximum Gasteiger partial charge on any atom is 0.323 e. The Kier molecular flexibility index (Phi) is 4.78. The third-order valence-corrected chi connectivity index (χ3v) is 3.31. The predicted octanol–water partition coefficient (Wildman–Crippen LogP) is 1.95. The number of nitrogens with zero attached hydrogens (tertiary/aromatic N) is 1. The molecule has 1 unspecified atom stereocenters. The van der Waals surface area contributed by atoms with Gasteiger partial charge in [0.15, 0.2) is 0 Å². The van der Waals surface area contributed by atoms with Crippen LogP contribution >= 0.6 is 0 Å². The monoisotopic (exact) mass is 256 g/mol. The fourth-order valence-corrected chi connectivity index (χ4v) is 2.22. The van der Waals surface area contributed by atoms with Crippen LogP contribution in [0.2, 0.25) is 0 Å². The summed E-state index contributed by atoms with van der Waals surface area (Å²) in [7, 11) is 2.06. The van der Waals surface area contributed by atoms with Gasteiger partial charge in [-0.2, -0.15) is 0 Å². The van der Waals surface area contributed by atoms with Crippen LogP contribution in [0.3, 0.4) is 0 Å². The van der Waals surface area contributed by atoms with E-state index in [2.05, 4.69) is 38.0 Å². The average molecular weight is 256 g/mol. The molecule has 4 heteroatoms. The van der Waals surface area contributed by atoms with Crippen LogP contribution in [-0.2, 0) is 4.79 Å². The number of hydrogen-bond acceptors (Lipinski definition) is 3. The van der Waals surface area contributed by atoms with Gasteiger partial charge in [0, 0.05) is 19.1 Å². The minimum atomic E-state index is -0.784. The molecular weight excluding hydrogens is 228 g/mol. The number of aliphatic carboxylic acids is 1. The van der Waals surface area contributed by atoms with E-state index >= 15 is 0 Å². The molecule has 1 aliphatic rings. The van der Waals surface area contributed by atoms with Crippen molar-refractivity contribution in [2.24, 2.45) is 5.41 Å². The van der Waals surface area contributed by atoms with Crippen molar-refractivity contribution in [2.75, 3.05) is 20.1 Å². The zero-order chi connectivity index (χ0) is 14.0. The highest BCUT2D eigenvalue weighted by Crippen LogP contribution is 2.24. The lowest BCUT2D eigenvalue weighted by atomic mass is 9.94. The third-order valence-electron chi connectivity index (χ3n) is 3.31. The summed E-state index contributed by atoms with van der Waals surface area (Å²) in [6.07, 6.45) is 2.87. The van der Waals surface area contributed by atoms with Crippen LogP contribution in [0.1, 0.15) is 47.0 Å². The Morgan fingerprint density at radius 2 is 1.89 bits per heavy atom. The summed E-state index contributed by atoms with van der Waals surface area (Å²) in [6, 6.07) is 0.416. The van der Waals surface area contributed by atoms with Crippen LogP contribution in [0.4, 0.5) is 0 Å². The second kappa shape index (κ2) is 5.57. The molecule has 0 bridgehead atoms. The normalized spacial score (nSPS) is 19.9. The van der Waals surface area contributed by atoms with Crippen molar-refractivity contribution in [3.63, 3.8) is 0 Å². The lowest BCUT2D eigenvalue weighted by Crippen LogP contribution is -2.52. The second-order valence-corrected chi connectivity index (χ2v) is 7.10. The molecule has 1 atom stereocenters. The van der Waals surface area contributed by atoms with Gasteiger partial charge < -0.3 is 10.0 Å². The number of carbonyl (C=O) groups is 1. The molecule has 1 saturated carbocycles. The van der Waals surface area contributed by atoms with Crippen molar-refractivity contribution in [1.29, 1.82) is 0 Å². The van der Waals surface area contributed by atoms with E-state index in [1.807, 2.05) is 0 Å². The van der Waals surface area contributed by atoms with Crippen LogP contribution in [0.25, 0.3) is 0 Å². The summed E-state index contributed by atoms with van der Waals surface area (Å²) in [4.78, 5) is 13.6. The zero-order valence-electron chi connectivity index (χ0n) is 12.4. The van der Waals surface area contributed by atoms with Gasteiger partial charge in [-0.25, -0.2) is 0 Å². The van der Waals surface area contributed by atoms with Gasteiger partial charge in [-0.3, -0.25) is 10.1 Å². The van der Waals surface area contributed by atoms with Gasteiger partial charge in [0.2, 0.25) is 0 Å². The van der Waals surface area contributed by atoms with Crippen LogP contribution in [-0.4, -0.2) is 47.7 Å². The Hall–Kier alpha value is -0.610. The first-order chi connectivity index (χ1) is 8.12. The van der Waals surface area contributed by atoms with Crippen LogP contribution < -0.4 is 5.32 Å². The van der Waals surface area contributed by atoms with Crippen molar-refractivity contribution >= 4 is 5.97 Å². The van der Waals surface area contributed by atoms with E-state index in [0.29, 0.717) is 12.5 Å². The lowest BCUT2D eigenvalue weighted by Gasteiger charge is -2.31. The minimum Gasteiger partial charge on any atom is -0.480 e. The molecule has 2 N–H and O–H groups in total. The summed E-state index contributed by atoms with van der Waals surface area (Å²) in [5.41, 5.74) is -0.536. The van der Waals surface area contributed by atoms with E-state index in [9.17, 15) is 9.90 Å². The van der Waals surface area contributed by atoms with Gasteiger partial charge >= 0.3 is 5.97 Å². The molecule has 0 spiro atoms. The van der Waals surface area contributed by atoms with E-state index in [4.69, 9.17) is 0 Å². The molecule has 0 amide bonds. The SMILES string of the molecule is CN(CCC(C)(NC1CC1)C(=O)O)CC(C)(C)C. The first-order valence-electron chi connectivity index (χ1n) is 6.82. The molecule has 0 aromatic rings. The molecule has 4 nitrogen and oxygen atoms in total. The van der Waals surface area contributed by atoms with Crippen molar-refractivity contribution in [3.8, 4) is 0 Å². The molecule has 1 rings (SSSR count). The first kappa shape index (κ1) is 15.4. The maximum atomic E-state index is 11.4. The van der Waals surface area contributed by atoms with Gasteiger partial charge in [0.05, 0.1) is 0 Å². The summed E-state index contributed by atoms with van der Waals surface area (Å²) in [5.74, 6) is -0.737. The smallest absolute Gasteiger partial charge is 0.323 e. The van der Waals surface area contributed by atoms with Gasteiger partial charge in [0.25, 0.3) is 0 Å². The van der Waals surface area contributed by atoms with Gasteiger partial charge in [0.1, 0.15) is 5.54 Å². The first-order valence-corrected chi connectivity index (χ1v) is 6.82. The Morgan fingerprint density at radius 3 is 2.28 bits per heavy atom. The lowest BCUT2D eigenvalue weighted by molar-refractivity contribution is -0.144. The van der Waals surface area contributed by atoms with E-state index in [-0.39, 0.29) is 5.41 Å². The Labute approximate surface area is 111 Å². The van der Waals surface area contributed by atoms with E-state index in [1.54, 1.807) is 6.92 Å². The number of carboxylic acids is 1. The van der Waals surface area contributed by atoms with Crippen molar-refractivity contribution < 1.29 is 9.90 Å². The average Bonchev–Trinajstić information content (AvgIpc) is 2.95. The fraction of sp³-hybridized carbons (Fsp3) is 0.929. The summed E-state index contributed by atoms with van der Waals surface area (Å²) in [5, 5.41) is 12.6. The molecule has 0 radical (unpaired) electrons. The molecular formula is C14H28N2O2. The Morgan fingerprint density at radius 1 is 1.33 bits per heavy atom. The van der Waals surface area contributed by atoms with Crippen LogP contribution in [0.5, 0.6) is 0 Å². The molecule has 18 heavy (non-hydrogen) atoms. The summed E-state index contributed by atoms with van der Waals surface area (Å²) < 4.78 is 0. The number of rotatable bonds is 7. The Balaban J connectivity index is 2.44. The Bertz CT molecular complexity index is 295. The second-order valence-electron chi connectivity index (χ2n) is 7.10. The molecule has 1 fully saturated rings. The van der Waals surface area contributed by atoms with Crippen molar-refractivity contribution in [3.05, 3.63) is 0 Å². The van der Waals surface area contributed by atoms with Crippen molar-refractivity contribution in [2.45, 2.75) is 58.5 Å². The highest BCUT2D eigenvalue weighted by Gasteiger charge is 2.38. The molecule has 106 valence electrons. The summed E-state index contributed by atoms with van der Waals surface area (Å²) >= 11 is 0. The molecule has 0 aliphatic heterocycles. The highest BCUT2D eigenvalue weighted by molar-refractivity contribution is 5.78. The van der Waals surface area contributed by atoms with Gasteiger partial charge in [-0.1, -0.05) is 20.8 Å². The number of nitrogens with one attached hydrogen (secondary N) is 1.